The van der Waals surface area contributed by atoms with Gasteiger partial charge in [0.25, 0.3) is 0 Å². The van der Waals surface area contributed by atoms with Gasteiger partial charge in [-0.2, -0.15) is 0 Å². The van der Waals surface area contributed by atoms with Crippen molar-refractivity contribution in [2.75, 3.05) is 39.3 Å². The molecule has 0 radical (unpaired) electrons. The first-order valence-electron chi connectivity index (χ1n) is 9.32. The van der Waals surface area contributed by atoms with Crippen LogP contribution in [-0.2, 0) is 11.3 Å². The van der Waals surface area contributed by atoms with Crippen molar-refractivity contribution >= 4 is 5.91 Å². The molecule has 1 amide bonds. The van der Waals surface area contributed by atoms with Crippen LogP contribution in [-0.4, -0.2) is 60.0 Å². The Morgan fingerprint density at radius 1 is 1.38 bits per heavy atom. The Morgan fingerprint density at radius 3 is 2.88 bits per heavy atom. The number of carbonyl (C=O) groups excluding carboxylic acids is 1. The highest BCUT2D eigenvalue weighted by Crippen LogP contribution is 2.23. The first-order chi connectivity index (χ1) is 11.7. The van der Waals surface area contributed by atoms with Crippen molar-refractivity contribution in [1.29, 1.82) is 0 Å². The molecular weight excluding hydrogens is 300 g/mol. The van der Waals surface area contributed by atoms with Crippen molar-refractivity contribution in [2.45, 2.75) is 32.7 Å². The van der Waals surface area contributed by atoms with Crippen molar-refractivity contribution in [3.05, 3.63) is 30.1 Å². The van der Waals surface area contributed by atoms with Crippen molar-refractivity contribution in [3.8, 4) is 0 Å². The molecule has 3 heterocycles. The van der Waals surface area contributed by atoms with Crippen LogP contribution < -0.4 is 5.32 Å². The zero-order chi connectivity index (χ0) is 16.8. The molecule has 0 aromatic carbocycles. The van der Waals surface area contributed by atoms with E-state index >= 15 is 0 Å². The summed E-state index contributed by atoms with van der Waals surface area (Å²) in [6.07, 6.45) is 6.95. The van der Waals surface area contributed by atoms with Gasteiger partial charge in [-0.25, -0.2) is 0 Å². The summed E-state index contributed by atoms with van der Waals surface area (Å²) in [5, 5.41) is 3.46. The second kappa shape index (κ2) is 8.58. The summed E-state index contributed by atoms with van der Waals surface area (Å²) in [5.74, 6) is 1.49. The minimum Gasteiger partial charge on any atom is -0.340 e. The van der Waals surface area contributed by atoms with Crippen LogP contribution in [0.1, 0.15) is 31.7 Å². The fourth-order valence-electron chi connectivity index (χ4n) is 3.84. The minimum absolute atomic E-state index is 0.342. The van der Waals surface area contributed by atoms with Gasteiger partial charge in [0.05, 0.1) is 0 Å². The summed E-state index contributed by atoms with van der Waals surface area (Å²) in [6.45, 7) is 9.01. The van der Waals surface area contributed by atoms with Gasteiger partial charge in [0.2, 0.25) is 5.91 Å². The second-order valence-electron chi connectivity index (χ2n) is 7.31. The van der Waals surface area contributed by atoms with Crippen LogP contribution in [0.3, 0.4) is 0 Å². The van der Waals surface area contributed by atoms with Gasteiger partial charge in [0, 0.05) is 51.5 Å². The summed E-state index contributed by atoms with van der Waals surface area (Å²) < 4.78 is 0. The topological polar surface area (TPSA) is 48.5 Å². The van der Waals surface area contributed by atoms with Crippen LogP contribution in [0.2, 0.25) is 0 Å². The minimum atomic E-state index is 0.342. The monoisotopic (exact) mass is 330 g/mol. The van der Waals surface area contributed by atoms with Gasteiger partial charge < -0.3 is 10.2 Å². The molecule has 5 heteroatoms. The lowest BCUT2D eigenvalue weighted by molar-refractivity contribution is -0.134. The molecule has 2 unspecified atom stereocenters. The molecule has 2 fully saturated rings. The van der Waals surface area contributed by atoms with Crippen LogP contribution in [0.25, 0.3) is 0 Å². The molecule has 1 aromatic heterocycles. The number of rotatable bonds is 5. The molecule has 0 spiro atoms. The Bertz CT molecular complexity index is 507. The van der Waals surface area contributed by atoms with E-state index in [1.54, 1.807) is 0 Å². The molecule has 0 bridgehead atoms. The molecule has 2 aliphatic rings. The van der Waals surface area contributed by atoms with Gasteiger partial charge in [0.1, 0.15) is 0 Å². The average Bonchev–Trinajstić information content (AvgIpc) is 2.64. The molecule has 132 valence electrons. The van der Waals surface area contributed by atoms with E-state index in [-0.39, 0.29) is 0 Å². The normalized spacial score (nSPS) is 23.9. The maximum absolute atomic E-state index is 12.6. The molecule has 2 aliphatic heterocycles. The molecule has 2 saturated heterocycles. The van der Waals surface area contributed by atoms with Gasteiger partial charge in [-0.1, -0.05) is 13.0 Å². The number of piperazine rings is 1. The van der Waals surface area contributed by atoms with Crippen molar-refractivity contribution in [2.24, 2.45) is 11.8 Å². The Labute approximate surface area is 145 Å². The molecule has 1 N–H and O–H groups in total. The van der Waals surface area contributed by atoms with Gasteiger partial charge >= 0.3 is 0 Å². The van der Waals surface area contributed by atoms with Crippen LogP contribution in [0.4, 0.5) is 0 Å². The Hall–Kier alpha value is -1.46. The van der Waals surface area contributed by atoms with Crippen molar-refractivity contribution < 1.29 is 4.79 Å². The fourth-order valence-corrected chi connectivity index (χ4v) is 3.84. The number of nitrogens with zero attached hydrogens (tertiary/aromatic N) is 3. The summed E-state index contributed by atoms with van der Waals surface area (Å²) in [7, 11) is 0. The molecule has 3 rings (SSSR count). The summed E-state index contributed by atoms with van der Waals surface area (Å²) >= 11 is 0. The Balaban J connectivity index is 1.41. The van der Waals surface area contributed by atoms with Crippen LogP contribution in [0, 0.1) is 11.8 Å². The predicted molar refractivity (Wildman–Crippen MR) is 95.5 cm³/mol. The maximum Gasteiger partial charge on any atom is 0.222 e. The summed E-state index contributed by atoms with van der Waals surface area (Å²) in [6, 6.07) is 4.10. The standard InChI is InChI=1S/C19H30N4O/c1-16(18-5-3-7-21-14-18)12-19(24)23-10-8-22(9-11-23)15-17-4-2-6-20-13-17/h2,4,6,13,16,18,21H,3,5,7-12,14-15H2,1H3. The summed E-state index contributed by atoms with van der Waals surface area (Å²) in [4.78, 5) is 21.2. The second-order valence-corrected chi connectivity index (χ2v) is 7.31. The third kappa shape index (κ3) is 4.77. The Morgan fingerprint density at radius 2 is 2.21 bits per heavy atom. The summed E-state index contributed by atoms with van der Waals surface area (Å²) in [5.41, 5.74) is 1.25. The molecule has 0 aliphatic carbocycles. The third-order valence-electron chi connectivity index (χ3n) is 5.49. The largest absolute Gasteiger partial charge is 0.340 e. The third-order valence-corrected chi connectivity index (χ3v) is 5.49. The first kappa shape index (κ1) is 17.4. The molecule has 0 saturated carbocycles. The van der Waals surface area contributed by atoms with Crippen LogP contribution in [0.15, 0.2) is 24.5 Å². The van der Waals surface area contributed by atoms with E-state index in [4.69, 9.17) is 0 Å². The van der Waals surface area contributed by atoms with Gasteiger partial charge in [-0.15, -0.1) is 0 Å². The number of hydrogen-bond acceptors (Lipinski definition) is 4. The number of aromatic nitrogens is 1. The number of piperidine rings is 1. The highest BCUT2D eigenvalue weighted by molar-refractivity contribution is 5.76. The van der Waals surface area contributed by atoms with Gasteiger partial charge in [0.15, 0.2) is 0 Å². The molecule has 1 aromatic rings. The molecule has 2 atom stereocenters. The SMILES string of the molecule is CC(CC(=O)N1CCN(Cc2cccnc2)CC1)C1CCCNC1. The lowest BCUT2D eigenvalue weighted by Gasteiger charge is -2.36. The quantitative estimate of drug-likeness (QED) is 0.894. The zero-order valence-electron chi connectivity index (χ0n) is 14.8. The number of pyridine rings is 1. The van der Waals surface area contributed by atoms with E-state index in [0.717, 1.165) is 45.8 Å². The molecule has 5 nitrogen and oxygen atoms in total. The van der Waals surface area contributed by atoms with Crippen molar-refractivity contribution in [1.82, 2.24) is 20.1 Å². The van der Waals surface area contributed by atoms with E-state index < -0.39 is 0 Å². The van der Waals surface area contributed by atoms with Crippen molar-refractivity contribution in [3.63, 3.8) is 0 Å². The lowest BCUT2D eigenvalue weighted by Crippen LogP contribution is -2.48. The van der Waals surface area contributed by atoms with E-state index in [1.807, 2.05) is 18.5 Å². The molecule has 24 heavy (non-hydrogen) atoms. The van der Waals surface area contributed by atoms with Crippen LogP contribution in [0.5, 0.6) is 0 Å². The maximum atomic E-state index is 12.6. The highest BCUT2D eigenvalue weighted by atomic mass is 16.2. The lowest BCUT2D eigenvalue weighted by atomic mass is 9.85. The van der Waals surface area contributed by atoms with E-state index in [0.29, 0.717) is 24.2 Å². The zero-order valence-corrected chi connectivity index (χ0v) is 14.8. The fraction of sp³-hybridized carbons (Fsp3) is 0.684. The number of carbonyl (C=O) groups is 1. The highest BCUT2D eigenvalue weighted by Gasteiger charge is 2.26. The van der Waals surface area contributed by atoms with Gasteiger partial charge in [-0.05, 0) is 49.4 Å². The van der Waals surface area contributed by atoms with Gasteiger partial charge in [-0.3, -0.25) is 14.7 Å². The predicted octanol–water partition coefficient (Wildman–Crippen LogP) is 1.75. The number of hydrogen-bond donors (Lipinski definition) is 1. The Kier molecular flexibility index (Phi) is 6.21. The number of amides is 1. The van der Waals surface area contributed by atoms with Crippen LogP contribution >= 0.6 is 0 Å². The van der Waals surface area contributed by atoms with E-state index in [9.17, 15) is 4.79 Å². The number of nitrogens with one attached hydrogen (secondary N) is 1. The van der Waals surface area contributed by atoms with E-state index in [1.165, 1.54) is 18.4 Å². The smallest absolute Gasteiger partial charge is 0.222 e. The molecular formula is C19H30N4O. The first-order valence-corrected chi connectivity index (χ1v) is 9.32. The van der Waals surface area contributed by atoms with E-state index in [2.05, 4.69) is 33.1 Å². The average molecular weight is 330 g/mol.